The molecule has 0 saturated carbocycles. The van der Waals surface area contributed by atoms with Crippen LogP contribution in [0.25, 0.3) is 0 Å². The third-order valence-electron chi connectivity index (χ3n) is 2.51. The predicted molar refractivity (Wildman–Crippen MR) is 66.5 cm³/mol. The molecule has 0 bridgehead atoms. The lowest BCUT2D eigenvalue weighted by Gasteiger charge is -2.19. The van der Waals surface area contributed by atoms with Gasteiger partial charge in [-0.3, -0.25) is 4.99 Å². The Morgan fingerprint density at radius 1 is 1.31 bits per heavy atom. The molecule has 0 N–H and O–H groups in total. The first-order valence-electron chi connectivity index (χ1n) is 5.45. The third-order valence-corrected chi connectivity index (χ3v) is 2.51. The molecule has 1 atom stereocenters. The van der Waals surface area contributed by atoms with E-state index in [1.165, 1.54) is 0 Å². The highest BCUT2D eigenvalue weighted by molar-refractivity contribution is 5.86. The van der Waals surface area contributed by atoms with Gasteiger partial charge in [-0.1, -0.05) is 12.1 Å². The zero-order valence-corrected chi connectivity index (χ0v) is 9.84. The van der Waals surface area contributed by atoms with Crippen LogP contribution >= 0.6 is 0 Å². The molecule has 84 valence electrons. The summed E-state index contributed by atoms with van der Waals surface area (Å²) in [5, 5.41) is 0. The average Bonchev–Trinajstić information content (AvgIpc) is 2.66. The highest BCUT2D eigenvalue weighted by Gasteiger charge is 2.25. The summed E-state index contributed by atoms with van der Waals surface area (Å²) in [5.74, 6) is 0.879. The molecule has 1 aliphatic rings. The van der Waals surface area contributed by atoms with Crippen LogP contribution in [0.15, 0.2) is 34.3 Å². The van der Waals surface area contributed by atoms with E-state index < -0.39 is 0 Å². The number of ether oxygens (including phenoxy) is 1. The summed E-state index contributed by atoms with van der Waals surface area (Å²) < 4.78 is 5.66. The summed E-state index contributed by atoms with van der Waals surface area (Å²) in [4.78, 5) is 8.40. The van der Waals surface area contributed by atoms with E-state index in [4.69, 9.17) is 4.74 Å². The average molecular weight is 216 g/mol. The Kier molecular flexibility index (Phi) is 2.77. The predicted octanol–water partition coefficient (Wildman–Crippen LogP) is 2.80. The Balaban J connectivity index is 2.29. The molecule has 3 nitrogen and oxygen atoms in total. The summed E-state index contributed by atoms with van der Waals surface area (Å²) >= 11 is 0. The van der Waals surface area contributed by atoms with Gasteiger partial charge in [-0.15, -0.1) is 0 Å². The number of hydrogen-bond donors (Lipinski definition) is 0. The number of nitrogens with zero attached hydrogens (tertiary/aromatic N) is 2. The van der Waals surface area contributed by atoms with Gasteiger partial charge in [0.15, 0.2) is 0 Å². The van der Waals surface area contributed by atoms with Gasteiger partial charge in [0, 0.05) is 6.21 Å². The molecule has 3 heteroatoms. The van der Waals surface area contributed by atoms with Crippen molar-refractivity contribution in [3.8, 4) is 5.75 Å². The van der Waals surface area contributed by atoms with Gasteiger partial charge in [-0.2, -0.15) is 0 Å². The van der Waals surface area contributed by atoms with E-state index >= 15 is 0 Å². The van der Waals surface area contributed by atoms with E-state index in [1.807, 2.05) is 51.3 Å². The van der Waals surface area contributed by atoms with Crippen molar-refractivity contribution in [1.82, 2.24) is 0 Å². The van der Waals surface area contributed by atoms with Crippen LogP contribution in [0.5, 0.6) is 5.75 Å². The van der Waals surface area contributed by atoms with Crippen molar-refractivity contribution in [2.24, 2.45) is 9.98 Å². The molecule has 1 heterocycles. The van der Waals surface area contributed by atoms with Crippen LogP contribution < -0.4 is 4.74 Å². The normalized spacial score (nSPS) is 23.0. The van der Waals surface area contributed by atoms with Crippen LogP contribution in [0.2, 0.25) is 0 Å². The fourth-order valence-electron chi connectivity index (χ4n) is 1.67. The molecule has 0 saturated heterocycles. The second-order valence-corrected chi connectivity index (χ2v) is 4.36. The zero-order chi connectivity index (χ0) is 11.6. The van der Waals surface area contributed by atoms with Crippen molar-refractivity contribution in [3.63, 3.8) is 0 Å². The maximum Gasteiger partial charge on any atom is 0.120 e. The van der Waals surface area contributed by atoms with E-state index in [0.717, 1.165) is 11.3 Å². The zero-order valence-electron chi connectivity index (χ0n) is 9.84. The number of hydrogen-bond acceptors (Lipinski definition) is 3. The molecule has 0 spiro atoms. The Bertz CT molecular complexity index is 423. The SMILES string of the molecule is CC(C)Oc1cccc(C2(C)C=NC=N2)c1. The van der Waals surface area contributed by atoms with Crippen molar-refractivity contribution in [3.05, 3.63) is 29.8 Å². The van der Waals surface area contributed by atoms with Crippen molar-refractivity contribution >= 4 is 12.6 Å². The number of rotatable bonds is 3. The first-order valence-corrected chi connectivity index (χ1v) is 5.45. The molecule has 16 heavy (non-hydrogen) atoms. The van der Waals surface area contributed by atoms with Gasteiger partial charge >= 0.3 is 0 Å². The van der Waals surface area contributed by atoms with Crippen molar-refractivity contribution in [2.45, 2.75) is 32.4 Å². The van der Waals surface area contributed by atoms with Gasteiger partial charge in [0.05, 0.1) is 6.10 Å². The summed E-state index contributed by atoms with van der Waals surface area (Å²) in [6.45, 7) is 6.07. The van der Waals surface area contributed by atoms with E-state index in [-0.39, 0.29) is 11.6 Å². The lowest BCUT2D eigenvalue weighted by molar-refractivity contribution is 0.242. The second kappa shape index (κ2) is 4.08. The Hall–Kier alpha value is -1.64. The Morgan fingerprint density at radius 3 is 2.75 bits per heavy atom. The molecular weight excluding hydrogens is 200 g/mol. The first kappa shape index (κ1) is 10.9. The molecule has 0 fully saturated rings. The van der Waals surface area contributed by atoms with Gasteiger partial charge in [0.2, 0.25) is 0 Å². The van der Waals surface area contributed by atoms with E-state index in [2.05, 4.69) is 9.98 Å². The molecular formula is C13H16N2O. The lowest BCUT2D eigenvalue weighted by Crippen LogP contribution is -2.18. The summed E-state index contributed by atoms with van der Waals surface area (Å²) in [5.41, 5.74) is 0.763. The fraction of sp³-hybridized carbons (Fsp3) is 0.385. The molecule has 0 aromatic heterocycles. The van der Waals surface area contributed by atoms with Crippen LogP contribution in [0.1, 0.15) is 26.3 Å². The first-order chi connectivity index (χ1) is 7.60. The quantitative estimate of drug-likeness (QED) is 0.765. The monoisotopic (exact) mass is 216 g/mol. The van der Waals surface area contributed by atoms with Gasteiger partial charge in [-0.25, -0.2) is 4.99 Å². The maximum atomic E-state index is 5.66. The molecule has 1 aromatic rings. The van der Waals surface area contributed by atoms with Crippen molar-refractivity contribution in [1.29, 1.82) is 0 Å². The maximum absolute atomic E-state index is 5.66. The molecule has 1 unspecified atom stereocenters. The molecule has 2 rings (SSSR count). The summed E-state index contributed by atoms with van der Waals surface area (Å²) in [6.07, 6.45) is 3.63. The minimum absolute atomic E-state index is 0.184. The smallest absolute Gasteiger partial charge is 0.120 e. The number of aliphatic imine (C=N–C) groups is 2. The van der Waals surface area contributed by atoms with Gasteiger partial charge in [0.25, 0.3) is 0 Å². The molecule has 1 aromatic carbocycles. The molecule has 1 aliphatic heterocycles. The van der Waals surface area contributed by atoms with Crippen molar-refractivity contribution < 1.29 is 4.74 Å². The van der Waals surface area contributed by atoms with Gasteiger partial charge < -0.3 is 4.74 Å². The highest BCUT2D eigenvalue weighted by Crippen LogP contribution is 2.28. The fourth-order valence-corrected chi connectivity index (χ4v) is 1.67. The van der Waals surface area contributed by atoms with Crippen LogP contribution in [0.4, 0.5) is 0 Å². The topological polar surface area (TPSA) is 34.0 Å². The largest absolute Gasteiger partial charge is 0.491 e. The second-order valence-electron chi connectivity index (χ2n) is 4.36. The van der Waals surface area contributed by atoms with Crippen LogP contribution in [0, 0.1) is 0 Å². The van der Waals surface area contributed by atoms with Crippen LogP contribution in [0.3, 0.4) is 0 Å². The Labute approximate surface area is 95.9 Å². The minimum atomic E-state index is -0.337. The summed E-state index contributed by atoms with van der Waals surface area (Å²) in [7, 11) is 0. The summed E-state index contributed by atoms with van der Waals surface area (Å²) in [6, 6.07) is 8.01. The van der Waals surface area contributed by atoms with Gasteiger partial charge in [-0.05, 0) is 38.5 Å². The lowest BCUT2D eigenvalue weighted by atomic mass is 9.94. The van der Waals surface area contributed by atoms with Gasteiger partial charge in [0.1, 0.15) is 17.6 Å². The minimum Gasteiger partial charge on any atom is -0.491 e. The molecule has 0 aliphatic carbocycles. The number of benzene rings is 1. The highest BCUT2D eigenvalue weighted by atomic mass is 16.5. The van der Waals surface area contributed by atoms with Crippen molar-refractivity contribution in [2.75, 3.05) is 0 Å². The third kappa shape index (κ3) is 2.13. The molecule has 0 radical (unpaired) electrons. The van der Waals surface area contributed by atoms with E-state index in [0.29, 0.717) is 0 Å². The van der Waals surface area contributed by atoms with E-state index in [9.17, 15) is 0 Å². The van der Waals surface area contributed by atoms with E-state index in [1.54, 1.807) is 6.34 Å². The Morgan fingerprint density at radius 2 is 2.12 bits per heavy atom. The molecule has 0 amide bonds. The standard InChI is InChI=1S/C13H16N2O/c1-10(2)16-12-6-4-5-11(7-12)13(3)8-14-9-15-13/h4-10H,1-3H3. The van der Waals surface area contributed by atoms with Crippen LogP contribution in [-0.2, 0) is 5.54 Å². The van der Waals surface area contributed by atoms with Crippen LogP contribution in [-0.4, -0.2) is 18.7 Å².